The average Bonchev–Trinajstić information content (AvgIpc) is 2.25. The average molecular weight is 260 g/mol. The number of ether oxygens (including phenoxy) is 1. The van der Waals surface area contributed by atoms with Gasteiger partial charge in [0.1, 0.15) is 12.4 Å². The molecule has 88 valence electrons. The molecule has 0 aliphatic heterocycles. The Morgan fingerprint density at radius 2 is 2.25 bits per heavy atom. The van der Waals surface area contributed by atoms with Gasteiger partial charge in [0.25, 0.3) is 0 Å². The van der Waals surface area contributed by atoms with Crippen LogP contribution in [0.4, 0.5) is 0 Å². The third kappa shape index (κ3) is 4.76. The maximum absolute atomic E-state index is 5.91. The number of halogens is 2. The largest absolute Gasteiger partial charge is 0.481 e. The van der Waals surface area contributed by atoms with Crippen molar-refractivity contribution < 1.29 is 4.74 Å². The fourth-order valence-electron chi connectivity index (χ4n) is 1.21. The summed E-state index contributed by atoms with van der Waals surface area (Å²) in [4.78, 5) is 0. The van der Waals surface area contributed by atoms with E-state index in [2.05, 4.69) is 11.2 Å². The molecule has 0 saturated carbocycles. The van der Waals surface area contributed by atoms with Gasteiger partial charge in [-0.1, -0.05) is 24.4 Å². The molecule has 0 fully saturated rings. The van der Waals surface area contributed by atoms with Gasteiger partial charge >= 0.3 is 0 Å². The summed E-state index contributed by atoms with van der Waals surface area (Å²) in [7, 11) is 0. The number of benzene rings is 1. The van der Waals surface area contributed by atoms with Crippen molar-refractivity contribution >= 4 is 24.0 Å². The van der Waals surface area contributed by atoms with Gasteiger partial charge in [0, 0.05) is 17.1 Å². The number of terminal acetylenes is 1. The molecule has 1 N–H and O–H groups in total. The van der Waals surface area contributed by atoms with Gasteiger partial charge in [-0.05, 0) is 24.7 Å². The highest BCUT2D eigenvalue weighted by atomic mass is 35.5. The second kappa shape index (κ2) is 8.29. The molecule has 0 aliphatic carbocycles. The van der Waals surface area contributed by atoms with E-state index in [0.717, 1.165) is 24.4 Å². The van der Waals surface area contributed by atoms with Crippen LogP contribution in [0.2, 0.25) is 5.02 Å². The predicted octanol–water partition coefficient (Wildman–Crippen LogP) is 2.88. The first-order chi connectivity index (χ1) is 7.27. The topological polar surface area (TPSA) is 21.3 Å². The summed E-state index contributed by atoms with van der Waals surface area (Å²) in [5.74, 6) is 3.23. The Kier molecular flexibility index (Phi) is 7.84. The molecule has 0 unspecified atom stereocenters. The Hall–Kier alpha value is -0.880. The third-order valence-corrected chi connectivity index (χ3v) is 2.13. The van der Waals surface area contributed by atoms with Crippen molar-refractivity contribution in [2.24, 2.45) is 0 Å². The van der Waals surface area contributed by atoms with Crippen LogP contribution in [-0.4, -0.2) is 13.2 Å². The van der Waals surface area contributed by atoms with Crippen molar-refractivity contribution in [3.05, 3.63) is 28.8 Å². The molecular formula is C12H15Cl2NO. The van der Waals surface area contributed by atoms with E-state index < -0.39 is 0 Å². The standard InChI is InChI=1S/C12H14ClNO.ClH/c1-3-7-15-12-6-5-11(13)8-10(12)9-14-4-2;/h1,5-6,8,14H,4,7,9H2,2H3;1H. The fraction of sp³-hybridized carbons (Fsp3) is 0.333. The minimum atomic E-state index is 0. The summed E-state index contributed by atoms with van der Waals surface area (Å²) in [5.41, 5.74) is 1.03. The lowest BCUT2D eigenvalue weighted by atomic mass is 10.2. The molecule has 1 rings (SSSR count). The summed E-state index contributed by atoms with van der Waals surface area (Å²) in [6.45, 7) is 3.96. The molecule has 0 atom stereocenters. The van der Waals surface area contributed by atoms with Gasteiger partial charge in [-0.3, -0.25) is 0 Å². The number of rotatable bonds is 5. The molecule has 0 aliphatic rings. The third-order valence-electron chi connectivity index (χ3n) is 1.90. The predicted molar refractivity (Wildman–Crippen MR) is 70.4 cm³/mol. The highest BCUT2D eigenvalue weighted by molar-refractivity contribution is 6.30. The zero-order chi connectivity index (χ0) is 11.1. The first-order valence-electron chi connectivity index (χ1n) is 4.83. The fourth-order valence-corrected chi connectivity index (χ4v) is 1.40. The Morgan fingerprint density at radius 3 is 2.88 bits per heavy atom. The van der Waals surface area contributed by atoms with Crippen LogP contribution in [-0.2, 0) is 6.54 Å². The SMILES string of the molecule is C#CCOc1ccc(Cl)cc1CNCC.Cl. The number of hydrogen-bond acceptors (Lipinski definition) is 2. The summed E-state index contributed by atoms with van der Waals surface area (Å²) < 4.78 is 5.40. The highest BCUT2D eigenvalue weighted by Crippen LogP contribution is 2.22. The molecule has 0 saturated heterocycles. The van der Waals surface area contributed by atoms with E-state index in [1.807, 2.05) is 19.1 Å². The van der Waals surface area contributed by atoms with Crippen molar-refractivity contribution in [2.45, 2.75) is 13.5 Å². The summed E-state index contributed by atoms with van der Waals surface area (Å²) >= 11 is 5.91. The van der Waals surface area contributed by atoms with E-state index in [0.29, 0.717) is 5.02 Å². The van der Waals surface area contributed by atoms with Crippen molar-refractivity contribution in [1.29, 1.82) is 0 Å². The number of nitrogens with one attached hydrogen (secondary N) is 1. The molecule has 2 nitrogen and oxygen atoms in total. The van der Waals surface area contributed by atoms with Crippen LogP contribution in [0, 0.1) is 12.3 Å². The van der Waals surface area contributed by atoms with Gasteiger partial charge in [-0.25, -0.2) is 0 Å². The van der Waals surface area contributed by atoms with Gasteiger partial charge in [0.05, 0.1) is 0 Å². The van der Waals surface area contributed by atoms with E-state index in [-0.39, 0.29) is 19.0 Å². The van der Waals surface area contributed by atoms with Gasteiger partial charge < -0.3 is 10.1 Å². The normalized spacial score (nSPS) is 9.06. The lowest BCUT2D eigenvalue weighted by Gasteiger charge is -2.10. The van der Waals surface area contributed by atoms with Crippen LogP contribution in [0.15, 0.2) is 18.2 Å². The lowest BCUT2D eigenvalue weighted by Crippen LogP contribution is -2.13. The smallest absolute Gasteiger partial charge is 0.148 e. The zero-order valence-corrected chi connectivity index (χ0v) is 10.7. The van der Waals surface area contributed by atoms with Crippen LogP contribution in [0.25, 0.3) is 0 Å². The zero-order valence-electron chi connectivity index (χ0n) is 9.13. The Bertz CT molecular complexity index is 361. The summed E-state index contributed by atoms with van der Waals surface area (Å²) in [5, 5.41) is 3.92. The van der Waals surface area contributed by atoms with Gasteiger partial charge in [0.2, 0.25) is 0 Å². The molecule has 16 heavy (non-hydrogen) atoms. The Balaban J connectivity index is 0.00000225. The first-order valence-corrected chi connectivity index (χ1v) is 5.21. The molecule has 0 bridgehead atoms. The van der Waals surface area contributed by atoms with E-state index in [4.69, 9.17) is 22.8 Å². The van der Waals surface area contributed by atoms with Crippen molar-refractivity contribution in [1.82, 2.24) is 5.32 Å². The minimum Gasteiger partial charge on any atom is -0.481 e. The van der Waals surface area contributed by atoms with Crippen LogP contribution >= 0.6 is 24.0 Å². The van der Waals surface area contributed by atoms with Crippen molar-refractivity contribution in [2.75, 3.05) is 13.2 Å². The first kappa shape index (κ1) is 15.1. The molecule has 0 radical (unpaired) electrons. The molecule has 0 amide bonds. The molecule has 1 aromatic carbocycles. The van der Waals surface area contributed by atoms with Gasteiger partial charge in [-0.15, -0.1) is 18.8 Å². The monoisotopic (exact) mass is 259 g/mol. The van der Waals surface area contributed by atoms with E-state index >= 15 is 0 Å². The molecule has 4 heteroatoms. The van der Waals surface area contributed by atoms with Gasteiger partial charge in [0.15, 0.2) is 0 Å². The van der Waals surface area contributed by atoms with Crippen LogP contribution in [0.1, 0.15) is 12.5 Å². The molecule has 1 aromatic rings. The number of hydrogen-bond donors (Lipinski definition) is 1. The highest BCUT2D eigenvalue weighted by Gasteiger charge is 2.03. The van der Waals surface area contributed by atoms with E-state index in [1.165, 1.54) is 0 Å². The minimum absolute atomic E-state index is 0. The molecular weight excluding hydrogens is 245 g/mol. The van der Waals surface area contributed by atoms with Crippen LogP contribution < -0.4 is 10.1 Å². The second-order valence-electron chi connectivity index (χ2n) is 3.03. The molecule has 0 heterocycles. The summed E-state index contributed by atoms with van der Waals surface area (Å²) in [6, 6.07) is 5.52. The summed E-state index contributed by atoms with van der Waals surface area (Å²) in [6.07, 6.45) is 5.14. The van der Waals surface area contributed by atoms with Gasteiger partial charge in [-0.2, -0.15) is 0 Å². The van der Waals surface area contributed by atoms with E-state index in [9.17, 15) is 0 Å². The maximum Gasteiger partial charge on any atom is 0.148 e. The quantitative estimate of drug-likeness (QED) is 0.822. The van der Waals surface area contributed by atoms with Crippen LogP contribution in [0.5, 0.6) is 5.75 Å². The van der Waals surface area contributed by atoms with Crippen molar-refractivity contribution in [3.63, 3.8) is 0 Å². The lowest BCUT2D eigenvalue weighted by molar-refractivity contribution is 0.365. The molecule has 0 aromatic heterocycles. The Labute approximate surface area is 108 Å². The molecule has 0 spiro atoms. The second-order valence-corrected chi connectivity index (χ2v) is 3.46. The van der Waals surface area contributed by atoms with Crippen molar-refractivity contribution in [3.8, 4) is 18.1 Å². The van der Waals surface area contributed by atoms with Crippen LogP contribution in [0.3, 0.4) is 0 Å². The van der Waals surface area contributed by atoms with E-state index in [1.54, 1.807) is 6.07 Å². The Morgan fingerprint density at radius 1 is 1.50 bits per heavy atom. The maximum atomic E-state index is 5.91.